The first-order valence-electron chi connectivity index (χ1n) is 8.15. The van der Waals surface area contributed by atoms with Gasteiger partial charge in [0.05, 0.1) is 24.5 Å². The van der Waals surface area contributed by atoms with Gasteiger partial charge in [0.25, 0.3) is 5.91 Å². The average molecular weight is 372 g/mol. The number of pyridine rings is 1. The third kappa shape index (κ3) is 4.19. The molecule has 0 aliphatic heterocycles. The van der Waals surface area contributed by atoms with Crippen LogP contribution in [0.5, 0.6) is 11.5 Å². The highest BCUT2D eigenvalue weighted by molar-refractivity contribution is 7.21. The zero-order valence-corrected chi connectivity index (χ0v) is 15.5. The maximum Gasteiger partial charge on any atom is 0.264 e. The van der Waals surface area contributed by atoms with E-state index in [0.717, 1.165) is 15.6 Å². The number of fused-ring (bicyclic) bond motifs is 1. The average Bonchev–Trinajstić information content (AvgIpc) is 3.04. The van der Waals surface area contributed by atoms with Crippen LogP contribution in [0.3, 0.4) is 0 Å². The number of benzene rings is 1. The van der Waals surface area contributed by atoms with Crippen LogP contribution in [-0.2, 0) is 16.1 Å². The van der Waals surface area contributed by atoms with E-state index >= 15 is 0 Å². The second kappa shape index (κ2) is 8.75. The van der Waals surface area contributed by atoms with Gasteiger partial charge in [0.1, 0.15) is 10.6 Å². The van der Waals surface area contributed by atoms with Crippen molar-refractivity contribution >= 4 is 27.3 Å². The highest BCUT2D eigenvalue weighted by Gasteiger charge is 2.19. The molecule has 2 aromatic heterocycles. The van der Waals surface area contributed by atoms with E-state index < -0.39 is 0 Å². The third-order valence-corrected chi connectivity index (χ3v) is 4.84. The Balaban J connectivity index is 1.79. The lowest BCUT2D eigenvalue weighted by molar-refractivity contribution is 0.0616. The molecule has 0 radical (unpaired) electrons. The van der Waals surface area contributed by atoms with Crippen LogP contribution in [0.4, 0.5) is 0 Å². The molecule has 136 valence electrons. The number of amides is 1. The van der Waals surface area contributed by atoms with Crippen LogP contribution in [0.15, 0.2) is 42.7 Å². The number of rotatable bonds is 8. The van der Waals surface area contributed by atoms with Crippen LogP contribution in [0.1, 0.15) is 15.2 Å². The molecule has 26 heavy (non-hydrogen) atoms. The molecule has 2 heterocycles. The molecule has 0 spiro atoms. The fourth-order valence-electron chi connectivity index (χ4n) is 2.40. The molecule has 0 aliphatic carbocycles. The fourth-order valence-corrected chi connectivity index (χ4v) is 3.44. The Morgan fingerprint density at radius 2 is 2.00 bits per heavy atom. The van der Waals surface area contributed by atoms with Crippen LogP contribution >= 0.6 is 11.3 Å². The minimum absolute atomic E-state index is 0.177. The number of ether oxygens (including phenoxy) is 3. The number of carbonyl (C=O) groups excluding carboxylic acids is 1. The molecule has 3 rings (SSSR count). The van der Waals surface area contributed by atoms with Crippen molar-refractivity contribution in [2.24, 2.45) is 0 Å². The van der Waals surface area contributed by atoms with Crippen molar-refractivity contribution in [3.63, 3.8) is 0 Å². The van der Waals surface area contributed by atoms with Gasteiger partial charge < -0.3 is 19.5 Å². The first kappa shape index (κ1) is 18.3. The Bertz CT molecular complexity index is 877. The van der Waals surface area contributed by atoms with E-state index in [-0.39, 0.29) is 5.91 Å². The van der Waals surface area contributed by atoms with Crippen molar-refractivity contribution in [3.05, 3.63) is 53.2 Å². The number of hydrogen-bond donors (Lipinski definition) is 1. The molecule has 1 aromatic carbocycles. The normalized spacial score (nSPS) is 10.8. The van der Waals surface area contributed by atoms with Crippen molar-refractivity contribution in [1.29, 1.82) is 0 Å². The van der Waals surface area contributed by atoms with Gasteiger partial charge in [0, 0.05) is 31.9 Å². The summed E-state index contributed by atoms with van der Waals surface area (Å²) in [6.45, 7) is 1.64. The smallest absolute Gasteiger partial charge is 0.264 e. The van der Waals surface area contributed by atoms with Crippen LogP contribution < -0.4 is 10.1 Å². The molecule has 6 nitrogen and oxygen atoms in total. The van der Waals surface area contributed by atoms with Crippen LogP contribution in [0.2, 0.25) is 0 Å². The van der Waals surface area contributed by atoms with E-state index in [4.69, 9.17) is 14.2 Å². The van der Waals surface area contributed by atoms with Crippen molar-refractivity contribution in [2.75, 3.05) is 27.4 Å². The fraction of sp³-hybridized carbons (Fsp3) is 0.263. The summed E-state index contributed by atoms with van der Waals surface area (Å²) in [4.78, 5) is 16.8. The number of hydrogen-bond acceptors (Lipinski definition) is 6. The molecule has 0 saturated carbocycles. The minimum Gasteiger partial charge on any atom is -0.455 e. The van der Waals surface area contributed by atoms with Crippen LogP contribution in [0, 0.1) is 0 Å². The molecule has 0 unspecified atom stereocenters. The second-order valence-corrected chi connectivity index (χ2v) is 6.55. The molecule has 7 heteroatoms. The van der Waals surface area contributed by atoms with E-state index in [0.29, 0.717) is 36.2 Å². The van der Waals surface area contributed by atoms with Crippen LogP contribution in [-0.4, -0.2) is 38.3 Å². The lowest BCUT2D eigenvalue weighted by Crippen LogP contribution is -2.16. The van der Waals surface area contributed by atoms with Gasteiger partial charge in [-0.3, -0.25) is 9.78 Å². The molecule has 0 fully saturated rings. The van der Waals surface area contributed by atoms with E-state index in [1.165, 1.54) is 11.3 Å². The quantitative estimate of drug-likeness (QED) is 0.612. The summed E-state index contributed by atoms with van der Waals surface area (Å²) >= 11 is 1.36. The molecule has 0 atom stereocenters. The lowest BCUT2D eigenvalue weighted by Gasteiger charge is -2.09. The molecular weight excluding hydrogens is 352 g/mol. The third-order valence-electron chi connectivity index (χ3n) is 3.72. The number of methoxy groups -OCH3 is 1. The van der Waals surface area contributed by atoms with Crippen molar-refractivity contribution in [1.82, 2.24) is 10.3 Å². The summed E-state index contributed by atoms with van der Waals surface area (Å²) in [5, 5.41) is 3.53. The molecule has 0 saturated heterocycles. The summed E-state index contributed by atoms with van der Waals surface area (Å²) in [6, 6.07) is 9.47. The number of nitrogens with zero attached hydrogens (tertiary/aromatic N) is 1. The van der Waals surface area contributed by atoms with Gasteiger partial charge in [0.2, 0.25) is 0 Å². The van der Waals surface area contributed by atoms with E-state index in [9.17, 15) is 4.79 Å². The minimum atomic E-state index is -0.177. The summed E-state index contributed by atoms with van der Waals surface area (Å²) < 4.78 is 17.4. The standard InChI is InChI=1S/C19H20N2O4S/c1-20-19(22)18-17(15-7-8-21-11-16(15)26-18)25-14-5-3-13(4-6-14)12-24-10-9-23-2/h3-8,11H,9-10,12H2,1-2H3,(H,20,22). The lowest BCUT2D eigenvalue weighted by atomic mass is 10.2. The summed E-state index contributed by atoms with van der Waals surface area (Å²) in [7, 11) is 3.25. The largest absolute Gasteiger partial charge is 0.455 e. The summed E-state index contributed by atoms with van der Waals surface area (Å²) in [5.74, 6) is 1.03. The monoisotopic (exact) mass is 372 g/mol. The topological polar surface area (TPSA) is 69.7 Å². The molecular formula is C19H20N2O4S. The molecule has 3 aromatic rings. The highest BCUT2D eigenvalue weighted by Crippen LogP contribution is 2.39. The first-order chi connectivity index (χ1) is 12.7. The molecule has 1 N–H and O–H groups in total. The van der Waals surface area contributed by atoms with E-state index in [1.807, 2.05) is 30.3 Å². The van der Waals surface area contributed by atoms with Gasteiger partial charge in [-0.1, -0.05) is 12.1 Å². The van der Waals surface area contributed by atoms with Crippen LogP contribution in [0.25, 0.3) is 10.1 Å². The zero-order chi connectivity index (χ0) is 18.4. The Morgan fingerprint density at radius 1 is 1.19 bits per heavy atom. The van der Waals surface area contributed by atoms with Gasteiger partial charge in [0.15, 0.2) is 5.75 Å². The van der Waals surface area contributed by atoms with Crippen molar-refractivity contribution in [2.45, 2.75) is 6.61 Å². The number of thiophene rings is 1. The SMILES string of the molecule is CNC(=O)c1sc2cnccc2c1Oc1ccc(COCCOC)cc1. The Hall–Kier alpha value is -2.48. The second-order valence-electron chi connectivity index (χ2n) is 5.50. The van der Waals surface area contributed by atoms with Gasteiger partial charge >= 0.3 is 0 Å². The highest BCUT2D eigenvalue weighted by atomic mass is 32.1. The predicted octanol–water partition coefficient (Wildman–Crippen LogP) is 3.61. The number of carbonyl (C=O) groups is 1. The van der Waals surface area contributed by atoms with Crippen molar-refractivity contribution < 1.29 is 19.0 Å². The summed E-state index contributed by atoms with van der Waals surface area (Å²) in [6.07, 6.45) is 3.43. The number of nitrogens with one attached hydrogen (secondary N) is 1. The maximum absolute atomic E-state index is 12.2. The van der Waals surface area contributed by atoms with Gasteiger partial charge in [-0.15, -0.1) is 11.3 Å². The van der Waals surface area contributed by atoms with E-state index in [1.54, 1.807) is 26.6 Å². The zero-order valence-electron chi connectivity index (χ0n) is 14.7. The maximum atomic E-state index is 12.2. The van der Waals surface area contributed by atoms with Crippen molar-refractivity contribution in [3.8, 4) is 11.5 Å². The Kier molecular flexibility index (Phi) is 6.17. The Labute approximate surface area is 155 Å². The molecule has 1 amide bonds. The van der Waals surface area contributed by atoms with Gasteiger partial charge in [-0.05, 0) is 23.8 Å². The first-order valence-corrected chi connectivity index (χ1v) is 8.96. The van der Waals surface area contributed by atoms with E-state index in [2.05, 4.69) is 10.3 Å². The van der Waals surface area contributed by atoms with Gasteiger partial charge in [-0.25, -0.2) is 0 Å². The molecule has 0 bridgehead atoms. The number of aromatic nitrogens is 1. The predicted molar refractivity (Wildman–Crippen MR) is 101 cm³/mol. The van der Waals surface area contributed by atoms with Gasteiger partial charge in [-0.2, -0.15) is 0 Å². The summed E-state index contributed by atoms with van der Waals surface area (Å²) in [5.41, 5.74) is 1.04. The molecule has 0 aliphatic rings. The Morgan fingerprint density at radius 3 is 2.73 bits per heavy atom.